The van der Waals surface area contributed by atoms with Crippen LogP contribution in [-0.2, 0) is 33.3 Å². The number of aryl methyl sites for hydroxylation is 1. The highest BCUT2D eigenvalue weighted by Gasteiger charge is 2.45. The molecule has 2 atom stereocenters. The number of carbonyl (C=O) groups is 1. The first-order chi connectivity index (χ1) is 22.5. The summed E-state index contributed by atoms with van der Waals surface area (Å²) >= 11 is 0. The van der Waals surface area contributed by atoms with Crippen molar-refractivity contribution in [3.05, 3.63) is 89.7 Å². The Morgan fingerprint density at radius 3 is 2.26 bits per heavy atom. The third-order valence-electron chi connectivity index (χ3n) is 9.08. The number of imidazole rings is 1. The fourth-order valence-electron chi connectivity index (χ4n) is 7.03. The molecule has 2 unspecified atom stereocenters. The number of rotatable bonds is 7. The van der Waals surface area contributed by atoms with Gasteiger partial charge in [0, 0.05) is 13.1 Å². The maximum atomic E-state index is 14.1. The van der Waals surface area contributed by atoms with Crippen LogP contribution in [0.4, 0.5) is 10.7 Å². The van der Waals surface area contributed by atoms with E-state index < -0.39 is 15.4 Å². The minimum Gasteiger partial charge on any atom is -0.444 e. The van der Waals surface area contributed by atoms with Crippen LogP contribution in [0.1, 0.15) is 57.2 Å². The Morgan fingerprint density at radius 1 is 0.915 bits per heavy atom. The van der Waals surface area contributed by atoms with Crippen molar-refractivity contribution in [1.29, 1.82) is 0 Å². The first kappa shape index (κ1) is 31.1. The first-order valence-corrected chi connectivity index (χ1v) is 17.9. The van der Waals surface area contributed by atoms with E-state index in [4.69, 9.17) is 14.7 Å². The highest BCUT2D eigenvalue weighted by Crippen LogP contribution is 2.35. The summed E-state index contributed by atoms with van der Waals surface area (Å²) in [6.45, 7) is 9.19. The van der Waals surface area contributed by atoms with Crippen molar-refractivity contribution in [2.75, 3.05) is 18.0 Å². The summed E-state index contributed by atoms with van der Waals surface area (Å²) in [6.07, 6.45) is 3.92. The number of carbonyl (C=O) groups excluding carboxylic acids is 1. The zero-order valence-electron chi connectivity index (χ0n) is 27.3. The number of sulfone groups is 1. The Morgan fingerprint density at radius 2 is 1.60 bits per heavy atom. The lowest BCUT2D eigenvalue weighted by atomic mass is 9.98. The SMILES string of the molecule is CCc1cccc2cccc(Cn3cnc4c(S(=O)(=O)Cc5ccccc5)nc(N5CC6CCC(C5)N6C(=O)OC(C)(C)C)nc43)c12. The molecule has 5 aromatic rings. The van der Waals surface area contributed by atoms with Gasteiger partial charge in [-0.1, -0.05) is 73.7 Å². The highest BCUT2D eigenvalue weighted by atomic mass is 32.2. The number of nitrogens with zero attached hydrogens (tertiary/aromatic N) is 6. The molecule has 244 valence electrons. The van der Waals surface area contributed by atoms with Crippen LogP contribution in [0.5, 0.6) is 0 Å². The second-order valence-electron chi connectivity index (χ2n) is 13.6. The van der Waals surface area contributed by atoms with E-state index in [0.29, 0.717) is 36.8 Å². The number of ether oxygens (including phenoxy) is 1. The zero-order chi connectivity index (χ0) is 32.9. The Balaban J connectivity index is 1.30. The van der Waals surface area contributed by atoms with E-state index in [0.717, 1.165) is 30.2 Å². The third-order valence-corrected chi connectivity index (χ3v) is 10.7. The van der Waals surface area contributed by atoms with Gasteiger partial charge in [0.25, 0.3) is 0 Å². The molecule has 7 rings (SSSR count). The van der Waals surface area contributed by atoms with Crippen molar-refractivity contribution in [3.63, 3.8) is 0 Å². The fraction of sp³-hybridized carbons (Fsp3) is 0.389. The van der Waals surface area contributed by atoms with E-state index in [1.165, 1.54) is 10.9 Å². The van der Waals surface area contributed by atoms with E-state index in [-0.39, 0.29) is 34.5 Å². The molecule has 4 heterocycles. The van der Waals surface area contributed by atoms with E-state index in [1.807, 2.05) is 59.4 Å². The third kappa shape index (κ3) is 6.04. The van der Waals surface area contributed by atoms with Crippen LogP contribution in [0, 0.1) is 0 Å². The highest BCUT2D eigenvalue weighted by molar-refractivity contribution is 7.90. The summed E-state index contributed by atoms with van der Waals surface area (Å²) in [6, 6.07) is 21.6. The molecule has 2 aliphatic heterocycles. The average Bonchev–Trinajstić information content (AvgIpc) is 3.56. The maximum absolute atomic E-state index is 14.1. The number of aromatic nitrogens is 4. The predicted octanol–water partition coefficient (Wildman–Crippen LogP) is 6.15. The summed E-state index contributed by atoms with van der Waals surface area (Å²) in [7, 11) is -3.90. The molecule has 2 bridgehead atoms. The molecule has 47 heavy (non-hydrogen) atoms. The second-order valence-corrected chi connectivity index (χ2v) is 15.5. The van der Waals surface area contributed by atoms with Gasteiger partial charge in [0.05, 0.1) is 30.7 Å². The molecule has 0 radical (unpaired) electrons. The summed E-state index contributed by atoms with van der Waals surface area (Å²) < 4.78 is 35.8. The summed E-state index contributed by atoms with van der Waals surface area (Å²) in [5.41, 5.74) is 3.17. The Labute approximate surface area is 275 Å². The summed E-state index contributed by atoms with van der Waals surface area (Å²) in [5, 5.41) is 2.28. The molecule has 2 aliphatic rings. The van der Waals surface area contributed by atoms with Gasteiger partial charge in [-0.2, -0.15) is 9.97 Å². The Hall–Kier alpha value is -4.51. The van der Waals surface area contributed by atoms with Gasteiger partial charge in [0.15, 0.2) is 10.7 Å². The quantitative estimate of drug-likeness (QED) is 0.193. The van der Waals surface area contributed by atoms with Gasteiger partial charge in [-0.25, -0.2) is 18.2 Å². The molecule has 0 aliphatic carbocycles. The molecule has 2 fully saturated rings. The molecule has 10 nitrogen and oxygen atoms in total. The predicted molar refractivity (Wildman–Crippen MR) is 182 cm³/mol. The van der Waals surface area contributed by atoms with Crippen LogP contribution in [-0.4, -0.2) is 69.7 Å². The molecule has 0 N–H and O–H groups in total. The van der Waals surface area contributed by atoms with Crippen LogP contribution in [0.25, 0.3) is 21.9 Å². The van der Waals surface area contributed by atoms with Crippen molar-refractivity contribution in [2.45, 2.75) is 82.0 Å². The fourth-order valence-corrected chi connectivity index (χ4v) is 8.46. The number of hydrogen-bond acceptors (Lipinski definition) is 8. The molecule has 0 saturated carbocycles. The van der Waals surface area contributed by atoms with Crippen LogP contribution in [0.2, 0.25) is 0 Å². The molecule has 0 spiro atoms. The number of fused-ring (bicyclic) bond motifs is 4. The van der Waals surface area contributed by atoms with Crippen molar-refractivity contribution >= 4 is 43.8 Å². The monoisotopic (exact) mass is 652 g/mol. The molecular formula is C36H40N6O4S. The lowest BCUT2D eigenvalue weighted by molar-refractivity contribution is 0.0122. The van der Waals surface area contributed by atoms with Gasteiger partial charge in [-0.05, 0) is 67.5 Å². The second kappa shape index (κ2) is 11.9. The molecule has 2 aromatic heterocycles. The molecule has 3 aromatic carbocycles. The number of hydrogen-bond donors (Lipinski definition) is 0. The molecular weight excluding hydrogens is 613 g/mol. The number of benzene rings is 3. The van der Waals surface area contributed by atoms with Crippen LogP contribution >= 0.6 is 0 Å². The summed E-state index contributed by atoms with van der Waals surface area (Å²) in [5.74, 6) is 0.131. The lowest BCUT2D eigenvalue weighted by Crippen LogP contribution is -2.57. The van der Waals surface area contributed by atoms with Crippen LogP contribution < -0.4 is 4.90 Å². The van der Waals surface area contributed by atoms with Crippen molar-refractivity contribution in [2.24, 2.45) is 0 Å². The normalized spacial score (nSPS) is 18.3. The van der Waals surface area contributed by atoms with Crippen molar-refractivity contribution in [1.82, 2.24) is 24.4 Å². The minimum absolute atomic E-state index is 0.0748. The molecule has 11 heteroatoms. The van der Waals surface area contributed by atoms with Gasteiger partial charge in [-0.3, -0.25) is 4.90 Å². The van der Waals surface area contributed by atoms with E-state index in [9.17, 15) is 13.2 Å². The number of anilines is 1. The average molecular weight is 653 g/mol. The molecule has 1 amide bonds. The first-order valence-electron chi connectivity index (χ1n) is 16.3. The van der Waals surface area contributed by atoms with Gasteiger partial charge in [0.1, 0.15) is 11.1 Å². The number of piperazine rings is 1. The summed E-state index contributed by atoms with van der Waals surface area (Å²) in [4.78, 5) is 31.4. The Bertz CT molecular complexity index is 2050. The largest absolute Gasteiger partial charge is 0.444 e. The molecule has 2 saturated heterocycles. The Kier molecular flexibility index (Phi) is 7.90. The van der Waals surface area contributed by atoms with Crippen LogP contribution in [0.3, 0.4) is 0 Å². The smallest absolute Gasteiger partial charge is 0.410 e. The van der Waals surface area contributed by atoms with Gasteiger partial charge < -0.3 is 14.2 Å². The number of amides is 1. The lowest BCUT2D eigenvalue weighted by Gasteiger charge is -2.41. The van der Waals surface area contributed by atoms with Gasteiger partial charge >= 0.3 is 6.09 Å². The van der Waals surface area contributed by atoms with E-state index in [1.54, 1.807) is 18.5 Å². The minimum atomic E-state index is -3.90. The standard InChI is InChI=1S/C36H40N6O4S/c1-5-25-13-9-14-26-15-10-16-27(30(25)26)19-41-23-37-31-32(41)38-34(39-33(31)47(44,45)22-24-11-7-6-8-12-24)40-20-28-17-18-29(21-40)42(28)35(43)46-36(2,3)4/h6-16,23,28-29H,5,17-22H2,1-4H3. The van der Waals surface area contributed by atoms with Gasteiger partial charge in [0.2, 0.25) is 15.8 Å². The van der Waals surface area contributed by atoms with Gasteiger partial charge in [-0.15, -0.1) is 0 Å². The van der Waals surface area contributed by atoms with Crippen LogP contribution in [0.15, 0.2) is 78.1 Å². The zero-order valence-corrected chi connectivity index (χ0v) is 28.1. The van der Waals surface area contributed by atoms with E-state index in [2.05, 4.69) is 42.2 Å². The van der Waals surface area contributed by atoms with Crippen molar-refractivity contribution in [3.8, 4) is 0 Å². The van der Waals surface area contributed by atoms with E-state index >= 15 is 0 Å². The van der Waals surface area contributed by atoms with Crippen molar-refractivity contribution < 1.29 is 17.9 Å². The topological polar surface area (TPSA) is 111 Å². The maximum Gasteiger partial charge on any atom is 0.410 e.